The minimum Gasteiger partial charge on any atom is -0.484 e. The molecule has 4 rings (SSSR count). The Labute approximate surface area is 173 Å². The van der Waals surface area contributed by atoms with E-state index in [4.69, 9.17) is 4.74 Å². The van der Waals surface area contributed by atoms with Crippen molar-refractivity contribution < 1.29 is 13.9 Å². The van der Waals surface area contributed by atoms with Gasteiger partial charge in [0.2, 0.25) is 0 Å². The van der Waals surface area contributed by atoms with Gasteiger partial charge in [-0.05, 0) is 55.8 Å². The summed E-state index contributed by atoms with van der Waals surface area (Å²) in [6.45, 7) is 4.19. The molecule has 1 aromatic carbocycles. The van der Waals surface area contributed by atoms with E-state index >= 15 is 0 Å². The topological polar surface area (TPSA) is 68.5 Å². The highest BCUT2D eigenvalue weighted by atomic mass is 19.1. The van der Waals surface area contributed by atoms with Crippen molar-refractivity contribution in [2.24, 2.45) is 0 Å². The average Bonchev–Trinajstić information content (AvgIpc) is 3.09. The minimum absolute atomic E-state index is 0.0692. The van der Waals surface area contributed by atoms with Gasteiger partial charge in [-0.15, -0.1) is 0 Å². The van der Waals surface area contributed by atoms with Gasteiger partial charge < -0.3 is 14.5 Å². The lowest BCUT2D eigenvalue weighted by molar-refractivity contribution is 0.102. The van der Waals surface area contributed by atoms with Crippen LogP contribution in [-0.2, 0) is 13.0 Å². The number of nitrogens with zero attached hydrogens (tertiary/aromatic N) is 3. The maximum Gasteiger partial charge on any atom is 0.255 e. The molecular formula is C23H21FN4O2. The highest BCUT2D eigenvalue weighted by Crippen LogP contribution is 2.21. The summed E-state index contributed by atoms with van der Waals surface area (Å²) in [5, 5.41) is 2.80. The number of rotatable bonds is 6. The summed E-state index contributed by atoms with van der Waals surface area (Å²) in [6, 6.07) is 13.2. The van der Waals surface area contributed by atoms with Crippen molar-refractivity contribution in [3.05, 3.63) is 89.4 Å². The summed E-state index contributed by atoms with van der Waals surface area (Å²) in [4.78, 5) is 21.3. The number of halogens is 1. The first-order valence-electron chi connectivity index (χ1n) is 9.66. The molecule has 6 nitrogen and oxygen atoms in total. The number of aromatic nitrogens is 3. The largest absolute Gasteiger partial charge is 0.484 e. The molecule has 3 aromatic heterocycles. The Morgan fingerprint density at radius 1 is 1.20 bits per heavy atom. The van der Waals surface area contributed by atoms with E-state index in [-0.39, 0.29) is 17.9 Å². The van der Waals surface area contributed by atoms with Gasteiger partial charge in [-0.25, -0.2) is 9.37 Å². The first-order chi connectivity index (χ1) is 14.5. The van der Waals surface area contributed by atoms with Crippen LogP contribution in [0.5, 0.6) is 5.75 Å². The zero-order chi connectivity index (χ0) is 21.1. The molecule has 0 fully saturated rings. The summed E-state index contributed by atoms with van der Waals surface area (Å²) in [6.07, 6.45) is 4.30. The molecule has 0 radical (unpaired) electrons. The van der Waals surface area contributed by atoms with Crippen LogP contribution < -0.4 is 10.1 Å². The van der Waals surface area contributed by atoms with Gasteiger partial charge in [-0.3, -0.25) is 9.78 Å². The zero-order valence-electron chi connectivity index (χ0n) is 16.7. The van der Waals surface area contributed by atoms with Crippen molar-refractivity contribution in [1.82, 2.24) is 14.4 Å². The molecule has 1 N–H and O–H groups in total. The smallest absolute Gasteiger partial charge is 0.255 e. The molecule has 3 heterocycles. The predicted octanol–water partition coefficient (Wildman–Crippen LogP) is 4.57. The third-order valence-electron chi connectivity index (χ3n) is 4.84. The molecular weight excluding hydrogens is 383 g/mol. The maximum absolute atomic E-state index is 14.4. The molecule has 0 aliphatic rings. The molecule has 0 saturated carbocycles. The Bertz CT molecular complexity index is 1200. The second-order valence-corrected chi connectivity index (χ2v) is 6.85. The van der Waals surface area contributed by atoms with Gasteiger partial charge >= 0.3 is 0 Å². The number of anilines is 1. The van der Waals surface area contributed by atoms with Gasteiger partial charge in [0.25, 0.3) is 5.91 Å². The summed E-state index contributed by atoms with van der Waals surface area (Å²) in [5.74, 6) is -0.940. The number of aryl methyl sites for hydroxylation is 2. The third-order valence-corrected chi connectivity index (χ3v) is 4.84. The SMILES string of the molecule is CCc1nc2ccc(NC(=O)c3ccc(OCc4ccccn4)c(F)c3)cn2c1C. The van der Waals surface area contributed by atoms with Crippen LogP contribution in [0.4, 0.5) is 10.1 Å². The third kappa shape index (κ3) is 4.00. The molecule has 0 aliphatic carbocycles. The van der Waals surface area contributed by atoms with E-state index in [0.717, 1.165) is 23.5 Å². The number of carbonyl (C=O) groups is 1. The van der Waals surface area contributed by atoms with Crippen molar-refractivity contribution in [3.63, 3.8) is 0 Å². The summed E-state index contributed by atoms with van der Waals surface area (Å²) >= 11 is 0. The van der Waals surface area contributed by atoms with Crippen LogP contribution in [0.2, 0.25) is 0 Å². The maximum atomic E-state index is 14.4. The Hall–Kier alpha value is -3.74. The molecule has 7 heteroatoms. The molecule has 0 unspecified atom stereocenters. The number of fused-ring (bicyclic) bond motifs is 1. The van der Waals surface area contributed by atoms with E-state index in [2.05, 4.69) is 22.2 Å². The molecule has 152 valence electrons. The Balaban J connectivity index is 1.47. The molecule has 1 amide bonds. The Kier molecular flexibility index (Phi) is 5.43. The van der Waals surface area contributed by atoms with Crippen molar-refractivity contribution >= 4 is 17.2 Å². The van der Waals surface area contributed by atoms with E-state index < -0.39 is 11.7 Å². The number of nitrogens with one attached hydrogen (secondary N) is 1. The van der Waals surface area contributed by atoms with E-state index in [1.165, 1.54) is 18.2 Å². The number of imidazole rings is 1. The van der Waals surface area contributed by atoms with Crippen LogP contribution in [0, 0.1) is 12.7 Å². The first kappa shape index (κ1) is 19.6. The van der Waals surface area contributed by atoms with Gasteiger partial charge in [0, 0.05) is 23.7 Å². The van der Waals surface area contributed by atoms with E-state index in [0.29, 0.717) is 11.4 Å². The summed E-state index contributed by atoms with van der Waals surface area (Å²) in [7, 11) is 0. The predicted molar refractivity (Wildman–Crippen MR) is 112 cm³/mol. The first-order valence-corrected chi connectivity index (χ1v) is 9.66. The molecule has 0 aliphatic heterocycles. The molecule has 30 heavy (non-hydrogen) atoms. The number of ether oxygens (including phenoxy) is 1. The number of carbonyl (C=O) groups excluding carboxylic acids is 1. The number of benzene rings is 1. The molecule has 0 bridgehead atoms. The molecule has 0 spiro atoms. The van der Waals surface area contributed by atoms with Crippen molar-refractivity contribution in [2.75, 3.05) is 5.32 Å². The van der Waals surface area contributed by atoms with Gasteiger partial charge in [0.15, 0.2) is 11.6 Å². The minimum atomic E-state index is -0.605. The lowest BCUT2D eigenvalue weighted by Crippen LogP contribution is -2.13. The van der Waals surface area contributed by atoms with Crippen LogP contribution in [0.15, 0.2) is 60.9 Å². The van der Waals surface area contributed by atoms with Crippen molar-refractivity contribution in [3.8, 4) is 5.75 Å². The standard InChI is InChI=1S/C23H21FN4O2/c1-3-20-15(2)28-13-17(8-10-22(28)27-20)26-23(29)16-7-9-21(19(24)12-16)30-14-18-6-4-5-11-25-18/h4-13H,3,14H2,1-2H3,(H,26,29). The number of pyridine rings is 2. The molecule has 0 atom stereocenters. The van der Waals surface area contributed by atoms with Gasteiger partial charge in [0.05, 0.1) is 17.1 Å². The zero-order valence-corrected chi connectivity index (χ0v) is 16.7. The van der Waals surface area contributed by atoms with E-state index in [9.17, 15) is 9.18 Å². The second-order valence-electron chi connectivity index (χ2n) is 6.85. The monoisotopic (exact) mass is 404 g/mol. The van der Waals surface area contributed by atoms with Crippen molar-refractivity contribution in [2.45, 2.75) is 26.9 Å². The lowest BCUT2D eigenvalue weighted by Gasteiger charge is -2.09. The second kappa shape index (κ2) is 8.32. The fraction of sp³-hybridized carbons (Fsp3) is 0.174. The van der Waals surface area contributed by atoms with E-state index in [1.807, 2.05) is 29.7 Å². The van der Waals surface area contributed by atoms with Crippen LogP contribution in [-0.4, -0.2) is 20.3 Å². The fourth-order valence-electron chi connectivity index (χ4n) is 3.22. The van der Waals surface area contributed by atoms with Crippen LogP contribution >= 0.6 is 0 Å². The number of hydrogen-bond acceptors (Lipinski definition) is 4. The average molecular weight is 404 g/mol. The normalized spacial score (nSPS) is 10.9. The molecule has 0 saturated heterocycles. The van der Waals surface area contributed by atoms with E-state index in [1.54, 1.807) is 24.4 Å². The number of amides is 1. The highest BCUT2D eigenvalue weighted by Gasteiger charge is 2.13. The summed E-state index contributed by atoms with van der Waals surface area (Å²) in [5.41, 5.74) is 4.37. The Morgan fingerprint density at radius 2 is 2.07 bits per heavy atom. The van der Waals surface area contributed by atoms with Crippen LogP contribution in [0.3, 0.4) is 0 Å². The highest BCUT2D eigenvalue weighted by molar-refractivity contribution is 6.04. The van der Waals surface area contributed by atoms with Crippen LogP contribution in [0.25, 0.3) is 5.65 Å². The van der Waals surface area contributed by atoms with Crippen LogP contribution in [0.1, 0.15) is 34.4 Å². The quantitative estimate of drug-likeness (QED) is 0.511. The number of hydrogen-bond donors (Lipinski definition) is 1. The van der Waals surface area contributed by atoms with Gasteiger partial charge in [-0.2, -0.15) is 0 Å². The fourth-order valence-corrected chi connectivity index (χ4v) is 3.22. The molecule has 4 aromatic rings. The van der Waals surface area contributed by atoms with Crippen molar-refractivity contribution in [1.29, 1.82) is 0 Å². The van der Waals surface area contributed by atoms with Gasteiger partial charge in [0.1, 0.15) is 12.3 Å². The summed E-state index contributed by atoms with van der Waals surface area (Å²) < 4.78 is 21.8. The lowest BCUT2D eigenvalue weighted by atomic mass is 10.2. The van der Waals surface area contributed by atoms with Gasteiger partial charge in [-0.1, -0.05) is 13.0 Å². The Morgan fingerprint density at radius 3 is 2.80 bits per heavy atom.